The average molecular weight is 194 g/mol. The Kier molecular flexibility index (Phi) is 2.81. The van der Waals surface area contributed by atoms with E-state index in [1.165, 1.54) is 11.3 Å². The van der Waals surface area contributed by atoms with Crippen LogP contribution in [-0.4, -0.2) is 9.79 Å². The number of rotatable bonds is 3. The van der Waals surface area contributed by atoms with Crippen molar-refractivity contribution in [1.29, 1.82) is 0 Å². The van der Waals surface area contributed by atoms with Crippen LogP contribution in [0.1, 0.15) is 4.88 Å². The van der Waals surface area contributed by atoms with Crippen LogP contribution in [0, 0.1) is 0 Å². The van der Waals surface area contributed by atoms with Gasteiger partial charge in [0, 0.05) is 4.88 Å². The molecular formula is C5H7O4PS. The van der Waals surface area contributed by atoms with Crippen LogP contribution in [0.2, 0.25) is 0 Å². The Morgan fingerprint density at radius 3 is 2.82 bits per heavy atom. The van der Waals surface area contributed by atoms with Crippen LogP contribution >= 0.6 is 19.2 Å². The van der Waals surface area contributed by atoms with Crippen LogP contribution < -0.4 is 0 Å². The highest BCUT2D eigenvalue weighted by Crippen LogP contribution is 2.37. The fourth-order valence-electron chi connectivity index (χ4n) is 0.542. The molecule has 4 nitrogen and oxygen atoms in total. The van der Waals surface area contributed by atoms with Crippen LogP contribution in [0.15, 0.2) is 17.5 Å². The highest BCUT2D eigenvalue weighted by atomic mass is 32.1. The van der Waals surface area contributed by atoms with Gasteiger partial charge >= 0.3 is 7.82 Å². The van der Waals surface area contributed by atoms with Crippen molar-refractivity contribution in [3.8, 4) is 0 Å². The molecule has 0 unspecified atom stereocenters. The molecule has 1 heterocycles. The average Bonchev–Trinajstić information content (AvgIpc) is 2.32. The van der Waals surface area contributed by atoms with E-state index in [9.17, 15) is 4.57 Å². The Balaban J connectivity index is 2.41. The summed E-state index contributed by atoms with van der Waals surface area (Å²) in [5.74, 6) is 0. The second kappa shape index (κ2) is 3.47. The van der Waals surface area contributed by atoms with Gasteiger partial charge in [-0.2, -0.15) is 0 Å². The first-order valence-electron chi connectivity index (χ1n) is 2.80. The van der Waals surface area contributed by atoms with Gasteiger partial charge < -0.3 is 9.79 Å². The third kappa shape index (κ3) is 3.65. The van der Waals surface area contributed by atoms with Gasteiger partial charge in [-0.05, 0) is 11.4 Å². The quantitative estimate of drug-likeness (QED) is 0.713. The second-order valence-corrected chi connectivity index (χ2v) is 4.11. The smallest absolute Gasteiger partial charge is 0.303 e. The van der Waals surface area contributed by atoms with Crippen molar-refractivity contribution in [2.24, 2.45) is 0 Å². The summed E-state index contributed by atoms with van der Waals surface area (Å²) in [6.45, 7) is -0.0258. The van der Waals surface area contributed by atoms with Gasteiger partial charge in [-0.15, -0.1) is 11.3 Å². The van der Waals surface area contributed by atoms with Crippen molar-refractivity contribution < 1.29 is 18.9 Å². The van der Waals surface area contributed by atoms with Gasteiger partial charge in [-0.1, -0.05) is 6.07 Å². The summed E-state index contributed by atoms with van der Waals surface area (Å²) in [6, 6.07) is 3.55. The van der Waals surface area contributed by atoms with Gasteiger partial charge in [0.15, 0.2) is 0 Å². The molecule has 0 bridgehead atoms. The zero-order valence-corrected chi connectivity index (χ0v) is 7.22. The molecule has 62 valence electrons. The maximum Gasteiger partial charge on any atom is 0.469 e. The molecule has 0 radical (unpaired) electrons. The minimum atomic E-state index is -4.30. The van der Waals surface area contributed by atoms with E-state index in [1.54, 1.807) is 12.1 Å². The molecule has 11 heavy (non-hydrogen) atoms. The van der Waals surface area contributed by atoms with Gasteiger partial charge in [-0.3, -0.25) is 4.52 Å². The molecule has 1 aromatic rings. The van der Waals surface area contributed by atoms with Gasteiger partial charge in [-0.25, -0.2) is 4.57 Å². The normalized spacial score (nSPS) is 11.8. The molecular weight excluding hydrogens is 187 g/mol. The molecule has 6 heteroatoms. The summed E-state index contributed by atoms with van der Waals surface area (Å²) in [7, 11) is -4.30. The summed E-state index contributed by atoms with van der Waals surface area (Å²) in [5.41, 5.74) is 0. The number of hydrogen-bond donors (Lipinski definition) is 2. The molecule has 0 aliphatic rings. The topological polar surface area (TPSA) is 66.8 Å². The Hall–Kier alpha value is -0.190. The highest BCUT2D eigenvalue weighted by molar-refractivity contribution is 7.46. The zero-order valence-electron chi connectivity index (χ0n) is 5.51. The first kappa shape index (κ1) is 8.90. The van der Waals surface area contributed by atoms with Crippen LogP contribution in [0.4, 0.5) is 0 Å². The number of thiophene rings is 1. The number of phosphoric acid groups is 1. The number of phosphoric ester groups is 1. The third-order valence-electron chi connectivity index (χ3n) is 0.955. The summed E-state index contributed by atoms with van der Waals surface area (Å²) < 4.78 is 14.5. The van der Waals surface area contributed by atoms with Gasteiger partial charge in [0.2, 0.25) is 0 Å². The Morgan fingerprint density at radius 2 is 2.36 bits per heavy atom. The van der Waals surface area contributed by atoms with Crippen LogP contribution in [0.3, 0.4) is 0 Å². The largest absolute Gasteiger partial charge is 0.469 e. The lowest BCUT2D eigenvalue weighted by molar-refractivity contribution is 0.190. The predicted octanol–water partition coefficient (Wildman–Crippen LogP) is 1.36. The van der Waals surface area contributed by atoms with E-state index in [-0.39, 0.29) is 6.61 Å². The lowest BCUT2D eigenvalue weighted by Gasteiger charge is -2.01. The first-order valence-corrected chi connectivity index (χ1v) is 5.21. The molecule has 2 N–H and O–H groups in total. The van der Waals surface area contributed by atoms with Crippen LogP contribution in [0.25, 0.3) is 0 Å². The molecule has 1 aromatic heterocycles. The van der Waals surface area contributed by atoms with Crippen molar-refractivity contribution in [1.82, 2.24) is 0 Å². The molecule has 0 saturated carbocycles. The van der Waals surface area contributed by atoms with Crippen molar-refractivity contribution in [2.45, 2.75) is 6.61 Å². The lowest BCUT2D eigenvalue weighted by atomic mass is 10.5. The SMILES string of the molecule is O=P(O)(O)OCc1cccs1. The zero-order chi connectivity index (χ0) is 8.32. The lowest BCUT2D eigenvalue weighted by Crippen LogP contribution is -1.86. The molecule has 0 atom stereocenters. The fraction of sp³-hybridized carbons (Fsp3) is 0.200. The second-order valence-electron chi connectivity index (χ2n) is 1.84. The van der Waals surface area contributed by atoms with E-state index in [2.05, 4.69) is 4.52 Å². The molecule has 0 aliphatic heterocycles. The van der Waals surface area contributed by atoms with E-state index in [0.29, 0.717) is 0 Å². The van der Waals surface area contributed by atoms with E-state index >= 15 is 0 Å². The minimum absolute atomic E-state index is 0.0258. The van der Waals surface area contributed by atoms with Crippen molar-refractivity contribution in [3.05, 3.63) is 22.4 Å². The molecule has 0 aromatic carbocycles. The standard InChI is InChI=1S/C5H7O4PS/c6-10(7,8)9-4-5-2-1-3-11-5/h1-3H,4H2,(H2,6,7,8). The molecule has 0 amide bonds. The van der Waals surface area contributed by atoms with Gasteiger partial charge in [0.25, 0.3) is 0 Å². The summed E-state index contributed by atoms with van der Waals surface area (Å²) in [6.07, 6.45) is 0. The molecule has 0 aliphatic carbocycles. The van der Waals surface area contributed by atoms with E-state index < -0.39 is 7.82 Å². The van der Waals surface area contributed by atoms with Crippen molar-refractivity contribution in [3.63, 3.8) is 0 Å². The monoisotopic (exact) mass is 194 g/mol. The van der Waals surface area contributed by atoms with Crippen molar-refractivity contribution >= 4 is 19.2 Å². The summed E-state index contributed by atoms with van der Waals surface area (Å²) in [4.78, 5) is 17.4. The molecule has 0 spiro atoms. The maximum atomic E-state index is 10.2. The Labute approximate surface area is 67.7 Å². The van der Waals surface area contributed by atoms with Crippen LogP contribution in [-0.2, 0) is 15.7 Å². The van der Waals surface area contributed by atoms with Crippen LogP contribution in [0.5, 0.6) is 0 Å². The molecule has 0 saturated heterocycles. The molecule has 1 rings (SSSR count). The Morgan fingerprint density at radius 1 is 1.64 bits per heavy atom. The minimum Gasteiger partial charge on any atom is -0.303 e. The maximum absolute atomic E-state index is 10.2. The summed E-state index contributed by atoms with van der Waals surface area (Å²) in [5, 5.41) is 1.82. The summed E-state index contributed by atoms with van der Waals surface area (Å²) >= 11 is 1.40. The predicted molar refractivity (Wildman–Crippen MR) is 41.2 cm³/mol. The third-order valence-corrected chi connectivity index (χ3v) is 2.27. The van der Waals surface area contributed by atoms with E-state index in [0.717, 1.165) is 4.88 Å². The fourth-order valence-corrected chi connectivity index (χ4v) is 1.55. The molecule has 0 fully saturated rings. The Bertz CT molecular complexity index is 251. The van der Waals surface area contributed by atoms with Gasteiger partial charge in [0.1, 0.15) is 0 Å². The first-order chi connectivity index (χ1) is 5.08. The number of hydrogen-bond acceptors (Lipinski definition) is 3. The van der Waals surface area contributed by atoms with E-state index in [1.807, 2.05) is 5.38 Å². The van der Waals surface area contributed by atoms with Crippen molar-refractivity contribution in [2.75, 3.05) is 0 Å². The highest BCUT2D eigenvalue weighted by Gasteiger charge is 2.13. The van der Waals surface area contributed by atoms with Gasteiger partial charge in [0.05, 0.1) is 6.61 Å². The van der Waals surface area contributed by atoms with E-state index in [4.69, 9.17) is 9.79 Å².